The van der Waals surface area contributed by atoms with E-state index in [0.29, 0.717) is 18.0 Å². The highest BCUT2D eigenvalue weighted by Gasteiger charge is 2.40. The smallest absolute Gasteiger partial charge is 0.234 e. The van der Waals surface area contributed by atoms with Crippen LogP contribution >= 0.6 is 0 Å². The van der Waals surface area contributed by atoms with E-state index in [1.54, 1.807) is 0 Å². The van der Waals surface area contributed by atoms with Gasteiger partial charge in [0.05, 0.1) is 6.54 Å². The molecule has 0 spiro atoms. The Bertz CT molecular complexity index is 271. The van der Waals surface area contributed by atoms with E-state index in [9.17, 15) is 4.79 Å². The lowest BCUT2D eigenvalue weighted by atomic mass is 10.0. The lowest BCUT2D eigenvalue weighted by Crippen LogP contribution is -2.43. The van der Waals surface area contributed by atoms with Gasteiger partial charge in [0.1, 0.15) is 0 Å². The maximum Gasteiger partial charge on any atom is 0.234 e. The molecule has 0 aromatic heterocycles. The van der Waals surface area contributed by atoms with Crippen molar-refractivity contribution in [3.63, 3.8) is 0 Å². The summed E-state index contributed by atoms with van der Waals surface area (Å²) in [6, 6.07) is 0.318. The summed E-state index contributed by atoms with van der Waals surface area (Å²) in [4.78, 5) is 11.8. The van der Waals surface area contributed by atoms with Crippen molar-refractivity contribution >= 4 is 5.91 Å². The van der Waals surface area contributed by atoms with Crippen LogP contribution in [0.3, 0.4) is 0 Å². The van der Waals surface area contributed by atoms with Crippen LogP contribution in [-0.4, -0.2) is 38.3 Å². The highest BCUT2D eigenvalue weighted by molar-refractivity contribution is 5.78. The third-order valence-electron chi connectivity index (χ3n) is 4.11. The molecule has 1 amide bonds. The van der Waals surface area contributed by atoms with Gasteiger partial charge in [0.25, 0.3) is 0 Å². The number of amides is 1. The van der Waals surface area contributed by atoms with E-state index in [4.69, 9.17) is 4.74 Å². The number of carbonyl (C=O) groups excluding carboxylic acids is 1. The number of hydrogen-bond acceptors (Lipinski definition) is 3. The molecule has 2 N–H and O–H groups in total. The first-order valence-corrected chi connectivity index (χ1v) is 7.32. The molecule has 4 heteroatoms. The Kier molecular flexibility index (Phi) is 5.01. The van der Waals surface area contributed by atoms with Crippen molar-refractivity contribution in [2.75, 3.05) is 26.3 Å². The first-order chi connectivity index (χ1) is 8.74. The third-order valence-corrected chi connectivity index (χ3v) is 4.11. The fourth-order valence-electron chi connectivity index (χ4n) is 2.78. The zero-order valence-electron chi connectivity index (χ0n) is 11.5. The van der Waals surface area contributed by atoms with Crippen LogP contribution < -0.4 is 10.6 Å². The number of nitrogens with one attached hydrogen (secondary N) is 2. The summed E-state index contributed by atoms with van der Waals surface area (Å²) >= 11 is 0. The molecule has 2 rings (SSSR count). The van der Waals surface area contributed by atoms with Crippen LogP contribution in [0.15, 0.2) is 0 Å². The second-order valence-electron chi connectivity index (χ2n) is 5.81. The van der Waals surface area contributed by atoms with Crippen LogP contribution in [-0.2, 0) is 9.53 Å². The monoisotopic (exact) mass is 254 g/mol. The SMILES string of the molecule is CCCC1(CNCC(=O)NC2CCOCC2)CC1. The average molecular weight is 254 g/mol. The molecule has 2 fully saturated rings. The van der Waals surface area contributed by atoms with Crippen molar-refractivity contribution in [3.8, 4) is 0 Å². The fourth-order valence-corrected chi connectivity index (χ4v) is 2.78. The minimum Gasteiger partial charge on any atom is -0.381 e. The standard InChI is InChI=1S/C14H26N2O2/c1-2-5-14(6-7-14)11-15-10-13(17)16-12-3-8-18-9-4-12/h12,15H,2-11H2,1H3,(H,16,17). The molecule has 1 heterocycles. The van der Waals surface area contributed by atoms with E-state index in [1.165, 1.54) is 25.7 Å². The first kappa shape index (κ1) is 13.8. The molecule has 1 saturated carbocycles. The molecule has 104 valence electrons. The highest BCUT2D eigenvalue weighted by Crippen LogP contribution is 2.48. The summed E-state index contributed by atoms with van der Waals surface area (Å²) < 4.78 is 5.28. The first-order valence-electron chi connectivity index (χ1n) is 7.32. The molecule has 0 aromatic rings. The normalized spacial score (nSPS) is 22.7. The summed E-state index contributed by atoms with van der Waals surface area (Å²) in [5, 5.41) is 6.40. The minimum atomic E-state index is 0.134. The Morgan fingerprint density at radius 2 is 2.06 bits per heavy atom. The number of rotatable bonds is 7. The summed E-state index contributed by atoms with van der Waals surface area (Å²) in [6.45, 7) is 5.25. The van der Waals surface area contributed by atoms with Gasteiger partial charge >= 0.3 is 0 Å². The van der Waals surface area contributed by atoms with Gasteiger partial charge in [-0.15, -0.1) is 0 Å². The molecule has 0 radical (unpaired) electrons. The van der Waals surface area contributed by atoms with Gasteiger partial charge < -0.3 is 15.4 Å². The van der Waals surface area contributed by atoms with E-state index in [2.05, 4.69) is 17.6 Å². The van der Waals surface area contributed by atoms with Gasteiger partial charge in [-0.2, -0.15) is 0 Å². The molecule has 2 aliphatic rings. The second kappa shape index (κ2) is 6.53. The van der Waals surface area contributed by atoms with E-state index >= 15 is 0 Å². The van der Waals surface area contributed by atoms with Crippen LogP contribution in [0.5, 0.6) is 0 Å². The topological polar surface area (TPSA) is 50.4 Å². The van der Waals surface area contributed by atoms with Crippen molar-refractivity contribution in [2.24, 2.45) is 5.41 Å². The molecule has 0 unspecified atom stereocenters. The number of hydrogen-bond donors (Lipinski definition) is 2. The summed E-state index contributed by atoms with van der Waals surface area (Å²) in [5.74, 6) is 0.134. The van der Waals surface area contributed by atoms with E-state index in [1.807, 2.05) is 0 Å². The Hall–Kier alpha value is -0.610. The maximum atomic E-state index is 11.8. The van der Waals surface area contributed by atoms with Crippen LogP contribution in [0.25, 0.3) is 0 Å². The second-order valence-corrected chi connectivity index (χ2v) is 5.81. The Morgan fingerprint density at radius 1 is 1.33 bits per heavy atom. The predicted octanol–water partition coefficient (Wildman–Crippen LogP) is 1.45. The largest absolute Gasteiger partial charge is 0.381 e. The van der Waals surface area contributed by atoms with Crippen molar-refractivity contribution in [3.05, 3.63) is 0 Å². The molecular weight excluding hydrogens is 228 g/mol. The number of carbonyl (C=O) groups is 1. The lowest BCUT2D eigenvalue weighted by molar-refractivity contribution is -0.121. The van der Waals surface area contributed by atoms with Gasteiger partial charge in [-0.05, 0) is 37.5 Å². The Morgan fingerprint density at radius 3 is 2.67 bits per heavy atom. The third kappa shape index (κ3) is 4.25. The van der Waals surface area contributed by atoms with Crippen molar-refractivity contribution in [1.82, 2.24) is 10.6 Å². The van der Waals surface area contributed by atoms with Crippen LogP contribution in [0.1, 0.15) is 45.4 Å². The predicted molar refractivity (Wildman–Crippen MR) is 71.4 cm³/mol. The fraction of sp³-hybridized carbons (Fsp3) is 0.929. The molecule has 0 bridgehead atoms. The van der Waals surface area contributed by atoms with Crippen molar-refractivity contribution in [1.29, 1.82) is 0 Å². The molecule has 4 nitrogen and oxygen atoms in total. The molecule has 18 heavy (non-hydrogen) atoms. The van der Waals surface area contributed by atoms with E-state index in [0.717, 1.165) is 32.6 Å². The average Bonchev–Trinajstić information content (AvgIpc) is 3.11. The molecule has 1 aliphatic carbocycles. The van der Waals surface area contributed by atoms with Crippen molar-refractivity contribution < 1.29 is 9.53 Å². The number of ether oxygens (including phenoxy) is 1. The van der Waals surface area contributed by atoms with Gasteiger partial charge in [-0.3, -0.25) is 4.79 Å². The van der Waals surface area contributed by atoms with Gasteiger partial charge in [-0.25, -0.2) is 0 Å². The van der Waals surface area contributed by atoms with Gasteiger partial charge in [0, 0.05) is 25.8 Å². The highest BCUT2D eigenvalue weighted by atomic mass is 16.5. The van der Waals surface area contributed by atoms with Gasteiger partial charge in [-0.1, -0.05) is 13.3 Å². The van der Waals surface area contributed by atoms with Gasteiger partial charge in [0.2, 0.25) is 5.91 Å². The quantitative estimate of drug-likeness (QED) is 0.723. The minimum absolute atomic E-state index is 0.134. The maximum absolute atomic E-state index is 11.8. The van der Waals surface area contributed by atoms with Crippen LogP contribution in [0.4, 0.5) is 0 Å². The van der Waals surface area contributed by atoms with Crippen LogP contribution in [0.2, 0.25) is 0 Å². The van der Waals surface area contributed by atoms with Crippen LogP contribution in [0, 0.1) is 5.41 Å². The zero-order valence-corrected chi connectivity index (χ0v) is 11.5. The molecular formula is C14H26N2O2. The molecule has 1 aliphatic heterocycles. The molecule has 0 atom stereocenters. The van der Waals surface area contributed by atoms with Crippen molar-refractivity contribution in [2.45, 2.75) is 51.5 Å². The van der Waals surface area contributed by atoms with E-state index < -0.39 is 0 Å². The molecule has 0 aromatic carbocycles. The molecule has 1 saturated heterocycles. The Balaban J connectivity index is 1.57. The van der Waals surface area contributed by atoms with Gasteiger partial charge in [0.15, 0.2) is 0 Å². The lowest BCUT2D eigenvalue weighted by Gasteiger charge is -2.23. The Labute approximate surface area is 110 Å². The summed E-state index contributed by atoms with van der Waals surface area (Å²) in [7, 11) is 0. The van der Waals surface area contributed by atoms with E-state index in [-0.39, 0.29) is 5.91 Å². The summed E-state index contributed by atoms with van der Waals surface area (Å²) in [5.41, 5.74) is 0.522. The summed E-state index contributed by atoms with van der Waals surface area (Å²) in [6.07, 6.45) is 7.10. The zero-order chi connectivity index (χ0) is 12.8.